The van der Waals surface area contributed by atoms with E-state index < -0.39 is 0 Å². The van der Waals surface area contributed by atoms with Gasteiger partial charge in [0.25, 0.3) is 0 Å². The molecule has 0 fully saturated rings. The third kappa shape index (κ3) is 7.22. The second-order valence-corrected chi connectivity index (χ2v) is 6.55. The van der Waals surface area contributed by atoms with Gasteiger partial charge in [-0.1, -0.05) is 42.1 Å². The fourth-order valence-corrected chi connectivity index (χ4v) is 2.63. The molecule has 0 aliphatic rings. The summed E-state index contributed by atoms with van der Waals surface area (Å²) < 4.78 is 0. The first-order valence-corrected chi connectivity index (χ1v) is 8.93. The van der Waals surface area contributed by atoms with Crippen molar-refractivity contribution in [3.8, 4) is 0 Å². The maximum atomic E-state index is 12.5. The van der Waals surface area contributed by atoms with Gasteiger partial charge in [0.2, 0.25) is 0 Å². The average Bonchev–Trinajstić information content (AvgIpc) is 2.64. The van der Waals surface area contributed by atoms with E-state index in [2.05, 4.69) is 10.3 Å². The molecule has 5 nitrogen and oxygen atoms in total. The number of urea groups is 1. The van der Waals surface area contributed by atoms with E-state index in [0.717, 1.165) is 11.1 Å². The van der Waals surface area contributed by atoms with Crippen molar-refractivity contribution in [1.29, 1.82) is 0 Å². The lowest BCUT2D eigenvalue weighted by Gasteiger charge is -2.19. The number of nitrogens with one attached hydrogen (secondary N) is 1. The first-order valence-electron chi connectivity index (χ1n) is 7.95. The molecular weight excluding hydrogens is 334 g/mol. The van der Waals surface area contributed by atoms with Gasteiger partial charge in [0.15, 0.2) is 5.12 Å². The first-order chi connectivity index (χ1) is 12.1. The van der Waals surface area contributed by atoms with E-state index in [1.165, 1.54) is 18.7 Å². The molecule has 2 aromatic rings. The molecule has 0 aliphatic carbocycles. The molecule has 1 N–H and O–H groups in total. The molecule has 1 heterocycles. The Balaban J connectivity index is 1.97. The molecule has 0 spiro atoms. The van der Waals surface area contributed by atoms with Gasteiger partial charge in [-0.15, -0.1) is 0 Å². The van der Waals surface area contributed by atoms with Gasteiger partial charge in [0.05, 0.1) is 0 Å². The van der Waals surface area contributed by atoms with Gasteiger partial charge in [-0.05, 0) is 29.3 Å². The van der Waals surface area contributed by atoms with Crippen molar-refractivity contribution in [2.75, 3.05) is 12.3 Å². The normalized spacial score (nSPS) is 10.6. The third-order valence-corrected chi connectivity index (χ3v) is 4.13. The van der Waals surface area contributed by atoms with Crippen molar-refractivity contribution in [3.05, 3.63) is 72.2 Å². The van der Waals surface area contributed by atoms with E-state index in [1.807, 2.05) is 48.5 Å². The van der Waals surface area contributed by atoms with Crippen LogP contribution in [0.15, 0.2) is 61.1 Å². The van der Waals surface area contributed by atoms with E-state index in [0.29, 0.717) is 18.8 Å². The molecule has 0 atom stereocenters. The Labute approximate surface area is 152 Å². The molecule has 25 heavy (non-hydrogen) atoms. The van der Waals surface area contributed by atoms with Gasteiger partial charge in [-0.3, -0.25) is 9.78 Å². The summed E-state index contributed by atoms with van der Waals surface area (Å²) in [6.07, 6.45) is 7.01. The molecule has 0 unspecified atom stereocenters. The van der Waals surface area contributed by atoms with Crippen LogP contribution < -0.4 is 5.32 Å². The highest BCUT2D eigenvalue weighted by Crippen LogP contribution is 2.07. The van der Waals surface area contributed by atoms with Crippen LogP contribution in [0.1, 0.15) is 18.1 Å². The Kier molecular flexibility index (Phi) is 7.72. The van der Waals surface area contributed by atoms with E-state index in [-0.39, 0.29) is 11.1 Å². The summed E-state index contributed by atoms with van der Waals surface area (Å²) in [6.45, 7) is 2.41. The first kappa shape index (κ1) is 18.7. The number of carbonyl (C=O) groups excluding carboxylic acids is 2. The summed E-state index contributed by atoms with van der Waals surface area (Å²) in [5.74, 6) is 0.553. The van der Waals surface area contributed by atoms with Gasteiger partial charge in [-0.2, -0.15) is 0 Å². The molecule has 0 aliphatic heterocycles. The van der Waals surface area contributed by atoms with Crippen LogP contribution in [0.5, 0.6) is 0 Å². The summed E-state index contributed by atoms with van der Waals surface area (Å²) >= 11 is 1.21. The van der Waals surface area contributed by atoms with Gasteiger partial charge < -0.3 is 10.2 Å². The molecule has 0 saturated heterocycles. The van der Waals surface area contributed by atoms with E-state index in [4.69, 9.17) is 0 Å². The molecule has 6 heteroatoms. The molecule has 2 amide bonds. The predicted octanol–water partition coefficient (Wildman–Crippen LogP) is 3.54. The lowest BCUT2D eigenvalue weighted by atomic mass is 10.2. The van der Waals surface area contributed by atoms with E-state index in [1.54, 1.807) is 23.5 Å². The Morgan fingerprint density at radius 3 is 2.56 bits per heavy atom. The number of benzene rings is 1. The number of amides is 2. The molecule has 1 aromatic heterocycles. The average molecular weight is 355 g/mol. The molecule has 0 radical (unpaired) electrons. The summed E-state index contributed by atoms with van der Waals surface area (Å²) in [4.78, 5) is 29.1. The number of aromatic nitrogens is 1. The van der Waals surface area contributed by atoms with E-state index >= 15 is 0 Å². The maximum Gasteiger partial charge on any atom is 0.321 e. The smallest absolute Gasteiger partial charge is 0.321 e. The zero-order valence-corrected chi connectivity index (χ0v) is 14.9. The topological polar surface area (TPSA) is 62.3 Å². The highest BCUT2D eigenvalue weighted by molar-refractivity contribution is 8.13. The minimum absolute atomic E-state index is 0.0455. The Morgan fingerprint density at radius 2 is 1.88 bits per heavy atom. The quantitative estimate of drug-likeness (QED) is 0.825. The van der Waals surface area contributed by atoms with Crippen LogP contribution in [-0.2, 0) is 11.3 Å². The van der Waals surface area contributed by atoms with Crippen LogP contribution in [0.25, 0.3) is 6.08 Å². The number of carbonyl (C=O) groups is 2. The number of nitrogens with zero attached hydrogens (tertiary/aromatic N) is 2. The van der Waals surface area contributed by atoms with Crippen LogP contribution in [0.4, 0.5) is 4.79 Å². The fourth-order valence-electron chi connectivity index (χ4n) is 2.05. The SMILES string of the molecule is CC(=O)SCCN(C=Cc1ccccc1)C(=O)NCc1ccncc1. The van der Waals surface area contributed by atoms with Crippen molar-refractivity contribution in [1.82, 2.24) is 15.2 Å². The van der Waals surface area contributed by atoms with Gasteiger partial charge in [-0.25, -0.2) is 4.79 Å². The largest absolute Gasteiger partial charge is 0.334 e. The van der Waals surface area contributed by atoms with Gasteiger partial charge >= 0.3 is 6.03 Å². The van der Waals surface area contributed by atoms with Crippen molar-refractivity contribution in [2.24, 2.45) is 0 Å². The number of rotatable bonds is 7. The molecule has 0 bridgehead atoms. The van der Waals surface area contributed by atoms with Crippen molar-refractivity contribution in [3.63, 3.8) is 0 Å². The minimum atomic E-state index is -0.201. The molecule has 130 valence electrons. The number of hydrogen-bond acceptors (Lipinski definition) is 4. The summed E-state index contributed by atoms with van der Waals surface area (Å²) in [5, 5.41) is 2.93. The van der Waals surface area contributed by atoms with Crippen molar-refractivity contribution >= 4 is 29.0 Å². The second kappa shape index (κ2) is 10.3. The maximum absolute atomic E-state index is 12.5. The third-order valence-electron chi connectivity index (χ3n) is 3.34. The number of thioether (sulfide) groups is 1. The molecular formula is C19H21N3O2S. The van der Waals surface area contributed by atoms with Crippen LogP contribution >= 0.6 is 11.8 Å². The lowest BCUT2D eigenvalue weighted by Crippen LogP contribution is -2.37. The summed E-state index contributed by atoms with van der Waals surface area (Å²) in [5.41, 5.74) is 1.99. The highest BCUT2D eigenvalue weighted by Gasteiger charge is 2.10. The van der Waals surface area contributed by atoms with Crippen molar-refractivity contribution in [2.45, 2.75) is 13.5 Å². The van der Waals surface area contributed by atoms with Gasteiger partial charge in [0, 0.05) is 44.4 Å². The van der Waals surface area contributed by atoms with Crippen LogP contribution in [0.3, 0.4) is 0 Å². The molecule has 2 rings (SSSR count). The number of hydrogen-bond donors (Lipinski definition) is 1. The number of pyridine rings is 1. The monoisotopic (exact) mass is 355 g/mol. The minimum Gasteiger partial charge on any atom is -0.334 e. The van der Waals surface area contributed by atoms with Gasteiger partial charge in [0.1, 0.15) is 0 Å². The molecule has 1 aromatic carbocycles. The summed E-state index contributed by atoms with van der Waals surface area (Å²) in [7, 11) is 0. The summed E-state index contributed by atoms with van der Waals surface area (Å²) in [6, 6.07) is 13.3. The second-order valence-electron chi connectivity index (χ2n) is 5.27. The van der Waals surface area contributed by atoms with E-state index in [9.17, 15) is 9.59 Å². The standard InChI is InChI=1S/C19H21N3O2S/c1-16(23)25-14-13-22(12-9-17-5-3-2-4-6-17)19(24)21-15-18-7-10-20-11-8-18/h2-12H,13-15H2,1H3,(H,21,24). The predicted molar refractivity (Wildman–Crippen MR) is 102 cm³/mol. The van der Waals surface area contributed by atoms with Crippen molar-refractivity contribution < 1.29 is 9.59 Å². The Morgan fingerprint density at radius 1 is 1.16 bits per heavy atom. The Hall–Kier alpha value is -2.60. The van der Waals surface area contributed by atoms with Crippen LogP contribution in [-0.4, -0.2) is 33.3 Å². The van der Waals surface area contributed by atoms with Crippen LogP contribution in [0, 0.1) is 0 Å². The lowest BCUT2D eigenvalue weighted by molar-refractivity contribution is -0.109. The van der Waals surface area contributed by atoms with Crippen LogP contribution in [0.2, 0.25) is 0 Å². The zero-order valence-electron chi connectivity index (χ0n) is 14.1. The highest BCUT2D eigenvalue weighted by atomic mass is 32.2. The molecule has 0 saturated carbocycles. The Bertz CT molecular complexity index is 705. The fraction of sp³-hybridized carbons (Fsp3) is 0.211. The zero-order chi connectivity index (χ0) is 17.9.